The predicted molar refractivity (Wildman–Crippen MR) is 86.8 cm³/mol. The molecule has 0 aromatic heterocycles. The molecule has 0 spiro atoms. The van der Waals surface area contributed by atoms with Gasteiger partial charge in [-0.15, -0.1) is 0 Å². The molecule has 0 saturated carbocycles. The first-order valence-electron chi connectivity index (χ1n) is 7.66. The molecule has 0 fully saturated rings. The average Bonchev–Trinajstić information content (AvgIpc) is 2.52. The van der Waals surface area contributed by atoms with Gasteiger partial charge in [-0.25, -0.2) is 4.99 Å². The highest BCUT2D eigenvalue weighted by atomic mass is 16.2. The maximum absolute atomic E-state index is 12.4. The van der Waals surface area contributed by atoms with Crippen LogP contribution in [0.2, 0.25) is 0 Å². The van der Waals surface area contributed by atoms with Gasteiger partial charge in [-0.2, -0.15) is 0 Å². The number of carbonyl (C=O) groups excluding carboxylic acids is 1. The van der Waals surface area contributed by atoms with Gasteiger partial charge in [0, 0.05) is 25.3 Å². The van der Waals surface area contributed by atoms with Crippen molar-refractivity contribution in [1.82, 2.24) is 10.6 Å². The van der Waals surface area contributed by atoms with Crippen LogP contribution in [0.25, 0.3) is 0 Å². The minimum Gasteiger partial charge on any atom is -0.357 e. The van der Waals surface area contributed by atoms with Crippen molar-refractivity contribution in [3.05, 3.63) is 29.8 Å². The second kappa shape index (κ2) is 7.67. The number of rotatable bonds is 4. The quantitative estimate of drug-likeness (QED) is 0.653. The molecule has 1 aliphatic rings. The van der Waals surface area contributed by atoms with E-state index in [9.17, 15) is 4.79 Å². The Morgan fingerprint density at radius 2 is 1.95 bits per heavy atom. The number of carbonyl (C=O) groups is 1. The molecule has 1 aliphatic heterocycles. The van der Waals surface area contributed by atoms with Crippen molar-refractivity contribution in [2.24, 2.45) is 4.99 Å². The van der Waals surface area contributed by atoms with E-state index in [1.54, 1.807) is 0 Å². The number of guanidine groups is 1. The Hall–Kier alpha value is -2.04. The third-order valence-electron chi connectivity index (χ3n) is 3.47. The molecule has 1 aromatic carbocycles. The van der Waals surface area contributed by atoms with Crippen LogP contribution in [0.3, 0.4) is 0 Å². The molecule has 21 heavy (non-hydrogen) atoms. The van der Waals surface area contributed by atoms with E-state index in [-0.39, 0.29) is 12.5 Å². The minimum atomic E-state index is 0.0513. The molecule has 0 atom stereocenters. The zero-order valence-electron chi connectivity index (χ0n) is 12.9. The van der Waals surface area contributed by atoms with Gasteiger partial charge in [-0.1, -0.05) is 18.2 Å². The zero-order chi connectivity index (χ0) is 15.1. The van der Waals surface area contributed by atoms with Crippen molar-refractivity contribution in [3.8, 4) is 0 Å². The van der Waals surface area contributed by atoms with Crippen LogP contribution in [0.5, 0.6) is 0 Å². The van der Waals surface area contributed by atoms with Crippen molar-refractivity contribution in [2.75, 3.05) is 31.1 Å². The van der Waals surface area contributed by atoms with Crippen molar-refractivity contribution >= 4 is 17.6 Å². The number of nitrogens with zero attached hydrogens (tertiary/aromatic N) is 2. The van der Waals surface area contributed by atoms with Crippen LogP contribution < -0.4 is 15.5 Å². The largest absolute Gasteiger partial charge is 0.357 e. The Kier molecular flexibility index (Phi) is 5.60. The van der Waals surface area contributed by atoms with Gasteiger partial charge >= 0.3 is 0 Å². The Balaban J connectivity index is 2.05. The van der Waals surface area contributed by atoms with Gasteiger partial charge in [0.15, 0.2) is 5.96 Å². The molecule has 1 aromatic rings. The molecule has 0 saturated heterocycles. The zero-order valence-corrected chi connectivity index (χ0v) is 12.9. The van der Waals surface area contributed by atoms with Crippen LogP contribution in [0.1, 0.15) is 25.8 Å². The minimum absolute atomic E-state index is 0.0513. The SMILES string of the molecule is CCNC(=NCC(=O)N1CCCc2ccccc21)NCC. The highest BCUT2D eigenvalue weighted by Crippen LogP contribution is 2.26. The standard InChI is InChI=1S/C16H24N4O/c1-3-17-16(18-4-2)19-12-15(21)20-11-7-9-13-8-5-6-10-14(13)20/h5-6,8,10H,3-4,7,9,11-12H2,1-2H3,(H2,17,18,19). The monoisotopic (exact) mass is 288 g/mol. The smallest absolute Gasteiger partial charge is 0.248 e. The maximum atomic E-state index is 12.4. The van der Waals surface area contributed by atoms with E-state index in [1.807, 2.05) is 36.9 Å². The number of amides is 1. The summed E-state index contributed by atoms with van der Waals surface area (Å²) in [5.74, 6) is 0.745. The first-order valence-corrected chi connectivity index (χ1v) is 7.66. The van der Waals surface area contributed by atoms with Gasteiger partial charge < -0.3 is 15.5 Å². The van der Waals surface area contributed by atoms with Crippen LogP contribution in [-0.4, -0.2) is 38.0 Å². The topological polar surface area (TPSA) is 56.7 Å². The average molecular weight is 288 g/mol. The van der Waals surface area contributed by atoms with Crippen molar-refractivity contribution in [1.29, 1.82) is 0 Å². The fourth-order valence-electron chi connectivity index (χ4n) is 2.53. The Bertz CT molecular complexity index is 505. The molecular formula is C16H24N4O. The molecule has 1 heterocycles. The van der Waals surface area contributed by atoms with E-state index in [0.717, 1.165) is 38.2 Å². The summed E-state index contributed by atoms with van der Waals surface area (Å²) in [4.78, 5) is 18.7. The van der Waals surface area contributed by atoms with Crippen LogP contribution in [-0.2, 0) is 11.2 Å². The lowest BCUT2D eigenvalue weighted by atomic mass is 10.0. The Labute approximate surface area is 126 Å². The molecule has 114 valence electrons. The number of benzene rings is 1. The van der Waals surface area contributed by atoms with Gasteiger partial charge in [0.25, 0.3) is 0 Å². The summed E-state index contributed by atoms with van der Waals surface area (Å²) < 4.78 is 0. The first kappa shape index (κ1) is 15.4. The van der Waals surface area contributed by atoms with Crippen molar-refractivity contribution in [2.45, 2.75) is 26.7 Å². The Morgan fingerprint density at radius 1 is 1.24 bits per heavy atom. The van der Waals surface area contributed by atoms with E-state index in [0.29, 0.717) is 5.96 Å². The molecule has 5 nitrogen and oxygen atoms in total. The summed E-state index contributed by atoms with van der Waals surface area (Å²) in [5, 5.41) is 6.26. The Morgan fingerprint density at radius 3 is 2.67 bits per heavy atom. The van der Waals surface area contributed by atoms with E-state index in [2.05, 4.69) is 21.7 Å². The number of aliphatic imine (C=N–C) groups is 1. The second-order valence-electron chi connectivity index (χ2n) is 5.00. The van der Waals surface area contributed by atoms with E-state index in [4.69, 9.17) is 0 Å². The number of anilines is 1. The molecule has 5 heteroatoms. The second-order valence-corrected chi connectivity index (χ2v) is 5.00. The molecular weight excluding hydrogens is 264 g/mol. The van der Waals surface area contributed by atoms with Gasteiger partial charge in [-0.05, 0) is 38.3 Å². The fraction of sp³-hybridized carbons (Fsp3) is 0.500. The number of para-hydroxylation sites is 1. The normalized spacial score (nSPS) is 13.3. The lowest BCUT2D eigenvalue weighted by Gasteiger charge is -2.29. The van der Waals surface area contributed by atoms with Gasteiger partial charge in [0.05, 0.1) is 0 Å². The first-order chi connectivity index (χ1) is 10.3. The van der Waals surface area contributed by atoms with E-state index >= 15 is 0 Å². The lowest BCUT2D eigenvalue weighted by Crippen LogP contribution is -2.40. The summed E-state index contributed by atoms with van der Waals surface area (Å²) in [6.07, 6.45) is 2.06. The molecule has 0 aliphatic carbocycles. The third kappa shape index (κ3) is 3.97. The molecule has 0 unspecified atom stereocenters. The van der Waals surface area contributed by atoms with E-state index in [1.165, 1.54) is 5.56 Å². The highest BCUT2D eigenvalue weighted by Gasteiger charge is 2.21. The van der Waals surface area contributed by atoms with Gasteiger partial charge in [-0.3, -0.25) is 4.79 Å². The number of fused-ring (bicyclic) bond motifs is 1. The summed E-state index contributed by atoms with van der Waals surface area (Å²) in [6.45, 7) is 6.54. The molecule has 0 radical (unpaired) electrons. The van der Waals surface area contributed by atoms with Crippen LogP contribution in [0, 0.1) is 0 Å². The molecule has 0 bridgehead atoms. The number of aryl methyl sites for hydroxylation is 1. The van der Waals surface area contributed by atoms with Crippen LogP contribution in [0.4, 0.5) is 5.69 Å². The van der Waals surface area contributed by atoms with E-state index < -0.39 is 0 Å². The number of hydrogen-bond acceptors (Lipinski definition) is 2. The predicted octanol–water partition coefficient (Wildman–Crippen LogP) is 1.54. The summed E-state index contributed by atoms with van der Waals surface area (Å²) in [7, 11) is 0. The molecule has 1 amide bonds. The van der Waals surface area contributed by atoms with Gasteiger partial charge in [0.1, 0.15) is 6.54 Å². The van der Waals surface area contributed by atoms with Crippen LogP contribution in [0.15, 0.2) is 29.3 Å². The highest BCUT2D eigenvalue weighted by molar-refractivity contribution is 5.97. The number of nitrogens with one attached hydrogen (secondary N) is 2. The van der Waals surface area contributed by atoms with Crippen molar-refractivity contribution < 1.29 is 4.79 Å². The maximum Gasteiger partial charge on any atom is 0.248 e. The molecule has 2 rings (SSSR count). The summed E-state index contributed by atoms with van der Waals surface area (Å²) >= 11 is 0. The third-order valence-corrected chi connectivity index (χ3v) is 3.47. The lowest BCUT2D eigenvalue weighted by molar-refractivity contribution is -0.117. The van der Waals surface area contributed by atoms with Crippen LogP contribution >= 0.6 is 0 Å². The van der Waals surface area contributed by atoms with Gasteiger partial charge in [0.2, 0.25) is 5.91 Å². The van der Waals surface area contributed by atoms with Crippen molar-refractivity contribution in [3.63, 3.8) is 0 Å². The molecule has 2 N–H and O–H groups in total. The number of hydrogen-bond donors (Lipinski definition) is 2. The summed E-state index contributed by atoms with van der Waals surface area (Å²) in [5.41, 5.74) is 2.29. The summed E-state index contributed by atoms with van der Waals surface area (Å²) in [6, 6.07) is 8.13. The fourth-order valence-corrected chi connectivity index (χ4v) is 2.53.